The zero-order valence-corrected chi connectivity index (χ0v) is 7.50. The first-order valence-corrected chi connectivity index (χ1v) is 4.21. The molecule has 0 radical (unpaired) electrons. The van der Waals surface area contributed by atoms with Crippen molar-refractivity contribution in [1.29, 1.82) is 0 Å². The van der Waals surface area contributed by atoms with Crippen LogP contribution in [0.25, 0.3) is 11.2 Å². The highest BCUT2D eigenvalue weighted by Crippen LogP contribution is 2.16. The van der Waals surface area contributed by atoms with Crippen LogP contribution in [0.3, 0.4) is 0 Å². The summed E-state index contributed by atoms with van der Waals surface area (Å²) in [5.41, 5.74) is 1.05. The van der Waals surface area contributed by atoms with E-state index in [4.69, 9.17) is 0 Å². The number of carbonyl (C=O) groups excluding carboxylic acids is 1. The Balaban J connectivity index is 2.69. The molecule has 2 aromatic heterocycles. The molecule has 2 rings (SSSR count). The number of aromatic nitrogens is 4. The van der Waals surface area contributed by atoms with E-state index in [1.807, 2.05) is 0 Å². The lowest BCUT2D eigenvalue weighted by atomic mass is 10.5. The average molecular weight is 195 g/mol. The van der Waals surface area contributed by atoms with Gasteiger partial charge in [-0.2, -0.15) is 8.75 Å². The Hall–Kier alpha value is -1.63. The second kappa shape index (κ2) is 3.02. The molecule has 7 heteroatoms. The molecule has 13 heavy (non-hydrogen) atoms. The van der Waals surface area contributed by atoms with E-state index >= 15 is 0 Å². The van der Waals surface area contributed by atoms with E-state index in [2.05, 4.69) is 24.0 Å². The van der Waals surface area contributed by atoms with Crippen LogP contribution in [-0.4, -0.2) is 25.1 Å². The molecule has 6 nitrogen and oxygen atoms in total. The van der Waals surface area contributed by atoms with Crippen LogP contribution in [0.1, 0.15) is 5.82 Å². The number of amides is 1. The number of hydrogen-bond donors (Lipinski definition) is 1. The first kappa shape index (κ1) is 7.99. The van der Waals surface area contributed by atoms with Crippen molar-refractivity contribution >= 4 is 35.1 Å². The molecule has 1 N–H and O–H groups in total. The summed E-state index contributed by atoms with van der Waals surface area (Å²) in [6.45, 7) is 1.73. The first-order chi connectivity index (χ1) is 6.31. The summed E-state index contributed by atoms with van der Waals surface area (Å²) < 4.78 is 7.91. The zero-order valence-electron chi connectivity index (χ0n) is 6.68. The number of aryl methyl sites for hydroxylation is 1. The minimum atomic E-state index is 0.409. The number of fused-ring (bicyclic) bond motifs is 1. The van der Waals surface area contributed by atoms with Gasteiger partial charge >= 0.3 is 0 Å². The maximum absolute atomic E-state index is 10.2. The number of nitrogens with one attached hydrogen (secondary N) is 1. The molecule has 0 atom stereocenters. The maximum Gasteiger partial charge on any atom is 0.212 e. The standard InChI is InChI=1S/C6H5N5OS/c1-3-8-5(7-2-12)4-6(9-3)11-13-10-4/h2H,1H3,(H,7,8,9,11,12). The van der Waals surface area contributed by atoms with Crippen LogP contribution < -0.4 is 5.32 Å². The molecule has 0 unspecified atom stereocenters. The topological polar surface area (TPSA) is 80.7 Å². The number of nitrogens with zero attached hydrogens (tertiary/aromatic N) is 4. The summed E-state index contributed by atoms with van der Waals surface area (Å²) in [7, 11) is 0. The van der Waals surface area contributed by atoms with E-state index in [9.17, 15) is 4.79 Å². The van der Waals surface area contributed by atoms with Gasteiger partial charge in [0.2, 0.25) is 6.41 Å². The maximum atomic E-state index is 10.2. The number of anilines is 1. The van der Waals surface area contributed by atoms with E-state index in [0.29, 0.717) is 29.2 Å². The van der Waals surface area contributed by atoms with E-state index < -0.39 is 0 Å². The van der Waals surface area contributed by atoms with Crippen molar-refractivity contribution in [3.8, 4) is 0 Å². The Morgan fingerprint density at radius 3 is 3.00 bits per heavy atom. The molecule has 0 saturated heterocycles. The Bertz CT molecular complexity index is 453. The highest BCUT2D eigenvalue weighted by atomic mass is 32.1. The molecule has 66 valence electrons. The molecule has 0 aliphatic rings. The molecule has 0 bridgehead atoms. The Labute approximate surface area is 77.4 Å². The molecular formula is C6H5N5OS. The molecule has 0 aromatic carbocycles. The van der Waals surface area contributed by atoms with Gasteiger partial charge in [0, 0.05) is 0 Å². The lowest BCUT2D eigenvalue weighted by Crippen LogP contribution is -2.00. The van der Waals surface area contributed by atoms with Crippen LogP contribution in [0.2, 0.25) is 0 Å². The van der Waals surface area contributed by atoms with Crippen LogP contribution in [0.4, 0.5) is 5.82 Å². The van der Waals surface area contributed by atoms with Gasteiger partial charge in [-0.3, -0.25) is 4.79 Å². The SMILES string of the molecule is Cc1nc(NC=O)c2nsnc2n1. The lowest BCUT2D eigenvalue weighted by Gasteiger charge is -1.97. The molecule has 1 amide bonds. The van der Waals surface area contributed by atoms with E-state index in [1.165, 1.54) is 0 Å². The van der Waals surface area contributed by atoms with Gasteiger partial charge in [-0.15, -0.1) is 0 Å². The minimum Gasteiger partial charge on any atom is -0.311 e. The zero-order chi connectivity index (χ0) is 9.26. The fraction of sp³-hybridized carbons (Fsp3) is 0.167. The number of rotatable bonds is 2. The number of carbonyl (C=O) groups is 1. The molecule has 0 fully saturated rings. The minimum absolute atomic E-state index is 0.409. The molecule has 0 aliphatic heterocycles. The fourth-order valence-corrected chi connectivity index (χ4v) is 1.45. The van der Waals surface area contributed by atoms with Crippen molar-refractivity contribution in [2.75, 3.05) is 5.32 Å². The molecule has 0 aliphatic carbocycles. The normalized spacial score (nSPS) is 10.2. The van der Waals surface area contributed by atoms with Crippen molar-refractivity contribution in [3.05, 3.63) is 5.82 Å². The second-order valence-electron chi connectivity index (χ2n) is 2.32. The van der Waals surface area contributed by atoms with Crippen molar-refractivity contribution in [3.63, 3.8) is 0 Å². The smallest absolute Gasteiger partial charge is 0.212 e. The first-order valence-electron chi connectivity index (χ1n) is 3.48. The van der Waals surface area contributed by atoms with Crippen molar-refractivity contribution < 1.29 is 4.79 Å². The Kier molecular flexibility index (Phi) is 1.85. The largest absolute Gasteiger partial charge is 0.311 e. The predicted octanol–water partition coefficient (Wildman–Crippen LogP) is 0.358. The molecule has 2 heterocycles. The van der Waals surface area contributed by atoms with Gasteiger partial charge in [-0.1, -0.05) is 0 Å². The van der Waals surface area contributed by atoms with E-state index in [-0.39, 0.29) is 0 Å². The monoisotopic (exact) mass is 195 g/mol. The van der Waals surface area contributed by atoms with E-state index in [0.717, 1.165) is 11.7 Å². The highest BCUT2D eigenvalue weighted by Gasteiger charge is 2.08. The van der Waals surface area contributed by atoms with Crippen LogP contribution in [0, 0.1) is 6.92 Å². The molecule has 0 saturated carbocycles. The summed E-state index contributed by atoms with van der Waals surface area (Å²) in [6, 6.07) is 0. The van der Waals surface area contributed by atoms with Gasteiger partial charge in [0.05, 0.1) is 11.7 Å². The Morgan fingerprint density at radius 1 is 1.38 bits per heavy atom. The van der Waals surface area contributed by atoms with Crippen molar-refractivity contribution in [1.82, 2.24) is 18.7 Å². The summed E-state index contributed by atoms with van der Waals surface area (Å²) in [5.74, 6) is 0.968. The van der Waals surface area contributed by atoms with Gasteiger partial charge in [0.1, 0.15) is 5.82 Å². The fourth-order valence-electron chi connectivity index (χ4n) is 0.956. The summed E-state index contributed by atoms with van der Waals surface area (Å²) in [5, 5.41) is 2.45. The van der Waals surface area contributed by atoms with Crippen LogP contribution in [0.5, 0.6) is 0 Å². The molecular weight excluding hydrogens is 190 g/mol. The Morgan fingerprint density at radius 2 is 2.23 bits per heavy atom. The van der Waals surface area contributed by atoms with E-state index in [1.54, 1.807) is 6.92 Å². The van der Waals surface area contributed by atoms with Crippen molar-refractivity contribution in [2.24, 2.45) is 0 Å². The van der Waals surface area contributed by atoms with Crippen LogP contribution >= 0.6 is 11.7 Å². The third-order valence-corrected chi connectivity index (χ3v) is 1.95. The van der Waals surface area contributed by atoms with Gasteiger partial charge in [0.25, 0.3) is 0 Å². The lowest BCUT2D eigenvalue weighted by molar-refractivity contribution is -0.105. The second-order valence-corrected chi connectivity index (χ2v) is 2.85. The third-order valence-electron chi connectivity index (χ3n) is 1.43. The highest BCUT2D eigenvalue weighted by molar-refractivity contribution is 7.00. The van der Waals surface area contributed by atoms with Gasteiger partial charge in [-0.25, -0.2) is 9.97 Å². The molecule has 2 aromatic rings. The summed E-state index contributed by atoms with van der Waals surface area (Å²) in [6.07, 6.45) is 0.556. The third kappa shape index (κ3) is 1.33. The predicted molar refractivity (Wildman–Crippen MR) is 47.4 cm³/mol. The summed E-state index contributed by atoms with van der Waals surface area (Å²) >= 11 is 1.04. The average Bonchev–Trinajstić information content (AvgIpc) is 2.52. The quantitative estimate of drug-likeness (QED) is 0.699. The van der Waals surface area contributed by atoms with Gasteiger partial charge in [0.15, 0.2) is 17.0 Å². The van der Waals surface area contributed by atoms with Crippen LogP contribution in [-0.2, 0) is 4.79 Å². The number of hydrogen-bond acceptors (Lipinski definition) is 6. The molecule has 0 spiro atoms. The van der Waals surface area contributed by atoms with Gasteiger partial charge in [-0.05, 0) is 6.92 Å². The van der Waals surface area contributed by atoms with Crippen LogP contribution in [0.15, 0.2) is 0 Å². The van der Waals surface area contributed by atoms with Crippen molar-refractivity contribution in [2.45, 2.75) is 6.92 Å². The summed E-state index contributed by atoms with van der Waals surface area (Å²) in [4.78, 5) is 18.3. The van der Waals surface area contributed by atoms with Gasteiger partial charge < -0.3 is 5.32 Å².